The third kappa shape index (κ3) is 2.69. The highest BCUT2D eigenvalue weighted by atomic mass is 32.1. The second-order valence-corrected chi connectivity index (χ2v) is 5.49. The highest BCUT2D eigenvalue weighted by Crippen LogP contribution is 2.26. The molecule has 0 bridgehead atoms. The molecule has 2 heterocycles. The first kappa shape index (κ1) is 13.5. The fourth-order valence-electron chi connectivity index (χ4n) is 1.95. The fraction of sp³-hybridized carbons (Fsp3) is 0.0714. The van der Waals surface area contributed by atoms with E-state index in [9.17, 15) is 4.79 Å². The van der Waals surface area contributed by atoms with Crippen LogP contribution in [-0.2, 0) is 0 Å². The first-order valence-corrected chi connectivity index (χ1v) is 7.09. The van der Waals surface area contributed by atoms with Crippen molar-refractivity contribution in [2.75, 3.05) is 10.7 Å². The molecule has 1 amide bonds. The number of para-hydroxylation sites is 1. The summed E-state index contributed by atoms with van der Waals surface area (Å²) in [5.41, 5.74) is 5.05. The number of hydrogen-bond acceptors (Lipinski definition) is 6. The van der Waals surface area contributed by atoms with Crippen molar-refractivity contribution in [3.8, 4) is 0 Å². The molecule has 21 heavy (non-hydrogen) atoms. The molecule has 0 aliphatic carbocycles. The number of hydrogen-bond donors (Lipinski definition) is 3. The normalized spacial score (nSPS) is 10.6. The van der Waals surface area contributed by atoms with Crippen LogP contribution in [0.5, 0.6) is 0 Å². The predicted octanol–water partition coefficient (Wildman–Crippen LogP) is 2.54. The number of anilines is 2. The Morgan fingerprint density at radius 2 is 2.14 bits per heavy atom. The first-order valence-electron chi connectivity index (χ1n) is 6.27. The smallest absolute Gasteiger partial charge is 0.261 e. The molecule has 3 aromatic rings. The van der Waals surface area contributed by atoms with E-state index in [1.165, 1.54) is 17.5 Å². The van der Waals surface area contributed by atoms with Gasteiger partial charge in [0, 0.05) is 11.9 Å². The number of pyridine rings is 1. The highest BCUT2D eigenvalue weighted by Gasteiger charge is 2.14. The zero-order valence-electron chi connectivity index (χ0n) is 11.3. The molecule has 7 heteroatoms. The molecule has 0 unspecified atom stereocenters. The average molecular weight is 299 g/mol. The van der Waals surface area contributed by atoms with Crippen molar-refractivity contribution in [2.24, 2.45) is 5.84 Å². The maximum absolute atomic E-state index is 12.3. The third-order valence-corrected chi connectivity index (χ3v) is 3.91. The van der Waals surface area contributed by atoms with Crippen LogP contribution in [0.2, 0.25) is 0 Å². The largest absolute Gasteiger partial charge is 0.323 e. The van der Waals surface area contributed by atoms with Crippen molar-refractivity contribution in [3.63, 3.8) is 0 Å². The van der Waals surface area contributed by atoms with Crippen LogP contribution in [0.15, 0.2) is 36.5 Å². The van der Waals surface area contributed by atoms with Gasteiger partial charge in [0.1, 0.15) is 0 Å². The van der Waals surface area contributed by atoms with Gasteiger partial charge in [-0.3, -0.25) is 20.9 Å². The Kier molecular flexibility index (Phi) is 3.51. The van der Waals surface area contributed by atoms with Crippen LogP contribution < -0.4 is 16.6 Å². The summed E-state index contributed by atoms with van der Waals surface area (Å²) in [4.78, 5) is 20.8. The standard InChI is InChI=1S/C14H13N5OS/c1-8-6-11(19-15)9(7-16-8)13(20)18-14-17-10-4-2-3-5-12(10)21-14/h2-7H,15H2,1H3,(H,16,19)(H,17,18,20). The van der Waals surface area contributed by atoms with Gasteiger partial charge in [-0.15, -0.1) is 0 Å². The quantitative estimate of drug-likeness (QED) is 0.510. The zero-order valence-corrected chi connectivity index (χ0v) is 12.1. The van der Waals surface area contributed by atoms with Crippen LogP contribution in [0.4, 0.5) is 10.8 Å². The van der Waals surface area contributed by atoms with E-state index in [4.69, 9.17) is 5.84 Å². The summed E-state index contributed by atoms with van der Waals surface area (Å²) >= 11 is 1.42. The number of thiazole rings is 1. The van der Waals surface area contributed by atoms with Gasteiger partial charge in [0.05, 0.1) is 21.5 Å². The van der Waals surface area contributed by atoms with E-state index in [0.29, 0.717) is 16.4 Å². The number of carbonyl (C=O) groups is 1. The lowest BCUT2D eigenvalue weighted by Gasteiger charge is -2.08. The van der Waals surface area contributed by atoms with Gasteiger partial charge in [0.2, 0.25) is 0 Å². The number of nitrogen functional groups attached to an aromatic ring is 1. The maximum Gasteiger partial charge on any atom is 0.261 e. The van der Waals surface area contributed by atoms with Crippen LogP contribution in [0, 0.1) is 6.92 Å². The number of carbonyl (C=O) groups excluding carboxylic acids is 1. The van der Waals surface area contributed by atoms with Crippen molar-refractivity contribution in [1.82, 2.24) is 9.97 Å². The molecule has 6 nitrogen and oxygen atoms in total. The number of rotatable bonds is 3. The molecule has 0 aliphatic heterocycles. The fourth-order valence-corrected chi connectivity index (χ4v) is 2.81. The lowest BCUT2D eigenvalue weighted by Crippen LogP contribution is -2.17. The number of nitrogens with two attached hydrogens (primary N) is 1. The molecule has 3 rings (SSSR count). The number of aromatic nitrogens is 2. The minimum Gasteiger partial charge on any atom is -0.323 e. The van der Waals surface area contributed by atoms with Gasteiger partial charge in [-0.05, 0) is 25.1 Å². The van der Waals surface area contributed by atoms with Crippen LogP contribution in [-0.4, -0.2) is 15.9 Å². The van der Waals surface area contributed by atoms with Gasteiger partial charge in [0.25, 0.3) is 5.91 Å². The molecule has 2 aromatic heterocycles. The Morgan fingerprint density at radius 3 is 2.90 bits per heavy atom. The summed E-state index contributed by atoms with van der Waals surface area (Å²) in [5.74, 6) is 5.14. The van der Waals surface area contributed by atoms with Crippen molar-refractivity contribution in [1.29, 1.82) is 0 Å². The summed E-state index contributed by atoms with van der Waals surface area (Å²) in [6.07, 6.45) is 1.49. The molecular formula is C14H13N5OS. The molecule has 0 saturated heterocycles. The monoisotopic (exact) mass is 299 g/mol. The second kappa shape index (κ2) is 5.47. The number of fused-ring (bicyclic) bond motifs is 1. The SMILES string of the molecule is Cc1cc(NN)c(C(=O)Nc2nc3ccccc3s2)cn1. The lowest BCUT2D eigenvalue weighted by molar-refractivity contribution is 0.102. The number of hydrazine groups is 1. The number of aryl methyl sites for hydroxylation is 1. The molecule has 0 radical (unpaired) electrons. The summed E-state index contributed by atoms with van der Waals surface area (Å²) in [6.45, 7) is 1.83. The molecule has 0 saturated carbocycles. The van der Waals surface area contributed by atoms with Crippen LogP contribution >= 0.6 is 11.3 Å². The van der Waals surface area contributed by atoms with Crippen molar-refractivity contribution < 1.29 is 4.79 Å². The van der Waals surface area contributed by atoms with Gasteiger partial charge in [0.15, 0.2) is 5.13 Å². The topological polar surface area (TPSA) is 92.9 Å². The average Bonchev–Trinajstić information content (AvgIpc) is 2.88. The Hall–Kier alpha value is -2.51. The Labute approximate surface area is 125 Å². The van der Waals surface area contributed by atoms with E-state index < -0.39 is 0 Å². The summed E-state index contributed by atoms with van der Waals surface area (Å²) in [6, 6.07) is 9.43. The van der Waals surface area contributed by atoms with Crippen molar-refractivity contribution in [3.05, 3.63) is 47.8 Å². The van der Waals surface area contributed by atoms with Crippen LogP contribution in [0.25, 0.3) is 10.2 Å². The van der Waals surface area contributed by atoms with E-state index in [-0.39, 0.29) is 5.91 Å². The molecule has 0 atom stereocenters. The molecule has 0 spiro atoms. The zero-order chi connectivity index (χ0) is 14.8. The third-order valence-electron chi connectivity index (χ3n) is 2.96. The second-order valence-electron chi connectivity index (χ2n) is 4.46. The van der Waals surface area contributed by atoms with Crippen molar-refractivity contribution in [2.45, 2.75) is 6.92 Å². The Morgan fingerprint density at radius 1 is 1.33 bits per heavy atom. The van der Waals surface area contributed by atoms with E-state index >= 15 is 0 Å². The molecule has 4 N–H and O–H groups in total. The first-order chi connectivity index (χ1) is 10.2. The molecule has 1 aromatic carbocycles. The van der Waals surface area contributed by atoms with Gasteiger partial charge in [-0.25, -0.2) is 4.98 Å². The molecule has 0 aliphatic rings. The van der Waals surface area contributed by atoms with Crippen molar-refractivity contribution >= 4 is 38.3 Å². The minimum absolute atomic E-state index is 0.297. The lowest BCUT2D eigenvalue weighted by atomic mass is 10.2. The minimum atomic E-state index is -0.297. The van der Waals surface area contributed by atoms with Crippen LogP contribution in [0.1, 0.15) is 16.1 Å². The van der Waals surface area contributed by atoms with Gasteiger partial charge < -0.3 is 5.43 Å². The number of amides is 1. The molecule has 0 fully saturated rings. The molecular weight excluding hydrogens is 286 g/mol. The summed E-state index contributed by atoms with van der Waals surface area (Å²) in [7, 11) is 0. The maximum atomic E-state index is 12.3. The molecule has 106 valence electrons. The Bertz CT molecular complexity index is 781. The highest BCUT2D eigenvalue weighted by molar-refractivity contribution is 7.22. The van der Waals surface area contributed by atoms with Gasteiger partial charge in [-0.2, -0.15) is 0 Å². The predicted molar refractivity (Wildman–Crippen MR) is 84.4 cm³/mol. The Balaban J connectivity index is 1.89. The number of nitrogens with zero attached hydrogens (tertiary/aromatic N) is 2. The van der Waals surface area contributed by atoms with Crippen LogP contribution in [0.3, 0.4) is 0 Å². The van der Waals surface area contributed by atoms with E-state index in [2.05, 4.69) is 20.7 Å². The van der Waals surface area contributed by atoms with Gasteiger partial charge >= 0.3 is 0 Å². The van der Waals surface area contributed by atoms with E-state index in [1.54, 1.807) is 6.07 Å². The summed E-state index contributed by atoms with van der Waals surface area (Å²) in [5, 5.41) is 3.32. The number of nitrogens with one attached hydrogen (secondary N) is 2. The van der Waals surface area contributed by atoms with E-state index in [0.717, 1.165) is 15.9 Å². The van der Waals surface area contributed by atoms with E-state index in [1.807, 2.05) is 31.2 Å². The number of benzene rings is 1. The summed E-state index contributed by atoms with van der Waals surface area (Å²) < 4.78 is 1.02. The van der Waals surface area contributed by atoms with Gasteiger partial charge in [-0.1, -0.05) is 23.5 Å².